The number of benzene rings is 7. The summed E-state index contributed by atoms with van der Waals surface area (Å²) in [5.41, 5.74) is 15.0. The lowest BCUT2D eigenvalue weighted by atomic mass is 9.86. The number of fused-ring (bicyclic) bond motifs is 6. The molecule has 7 aromatic carbocycles. The van der Waals surface area contributed by atoms with Crippen LogP contribution in [0.15, 0.2) is 140 Å². The summed E-state index contributed by atoms with van der Waals surface area (Å²) in [5.74, 6) is 0. The molecule has 0 fully saturated rings. The van der Waals surface area contributed by atoms with Gasteiger partial charge in [-0.25, -0.2) is 4.85 Å². The molecule has 0 saturated carbocycles. The highest BCUT2D eigenvalue weighted by Gasteiger charge is 2.25. The van der Waals surface area contributed by atoms with Gasteiger partial charge in [-0.15, -0.1) is 0 Å². The average molecular weight is 737 g/mol. The maximum Gasteiger partial charge on any atom is 0.197 e. The maximum atomic E-state index is 9.69. The van der Waals surface area contributed by atoms with Crippen molar-refractivity contribution < 1.29 is 0 Å². The molecule has 276 valence electrons. The van der Waals surface area contributed by atoms with E-state index in [4.69, 9.17) is 6.57 Å². The van der Waals surface area contributed by atoms with Gasteiger partial charge in [0, 0.05) is 32.8 Å². The Labute approximate surface area is 334 Å². The lowest BCUT2D eigenvalue weighted by Gasteiger charge is -2.22. The molecular formula is C53H44N4. The van der Waals surface area contributed by atoms with E-state index >= 15 is 0 Å². The van der Waals surface area contributed by atoms with Crippen molar-refractivity contribution in [1.29, 1.82) is 5.26 Å². The number of hydrogen-bond acceptors (Lipinski definition) is 1. The zero-order valence-corrected chi connectivity index (χ0v) is 33.6. The van der Waals surface area contributed by atoms with E-state index in [1.807, 2.05) is 30.3 Å². The average Bonchev–Trinajstić information content (AvgIpc) is 3.72. The fourth-order valence-electron chi connectivity index (χ4n) is 8.64. The van der Waals surface area contributed by atoms with E-state index in [2.05, 4.69) is 178 Å². The van der Waals surface area contributed by atoms with Crippen LogP contribution < -0.4 is 0 Å². The predicted octanol–water partition coefficient (Wildman–Crippen LogP) is 14.5. The zero-order chi connectivity index (χ0) is 39.8. The number of aromatic nitrogens is 2. The first-order chi connectivity index (χ1) is 27.4. The molecule has 9 aromatic rings. The van der Waals surface area contributed by atoms with Gasteiger partial charge < -0.3 is 9.13 Å². The number of nitriles is 1. The van der Waals surface area contributed by atoms with Crippen molar-refractivity contribution in [3.05, 3.63) is 173 Å². The van der Waals surface area contributed by atoms with Crippen LogP contribution in [0.5, 0.6) is 0 Å². The quantitative estimate of drug-likeness (QED) is 0.166. The lowest BCUT2D eigenvalue weighted by molar-refractivity contribution is 0.591. The van der Waals surface area contributed by atoms with Crippen LogP contribution in [-0.2, 0) is 10.8 Å². The summed E-state index contributed by atoms with van der Waals surface area (Å²) in [7, 11) is 0. The Bertz CT molecular complexity index is 3180. The number of rotatable bonds is 4. The molecular weight excluding hydrogens is 693 g/mol. The molecule has 4 heteroatoms. The van der Waals surface area contributed by atoms with Gasteiger partial charge in [0.2, 0.25) is 0 Å². The summed E-state index contributed by atoms with van der Waals surface area (Å²) in [6, 6.07) is 52.0. The number of hydrogen-bond donors (Lipinski definition) is 0. The fraction of sp³-hybridized carbons (Fsp3) is 0.170. The van der Waals surface area contributed by atoms with Gasteiger partial charge in [0.1, 0.15) is 0 Å². The molecule has 0 bridgehead atoms. The molecule has 0 aliphatic rings. The lowest BCUT2D eigenvalue weighted by Crippen LogP contribution is -2.10. The van der Waals surface area contributed by atoms with Gasteiger partial charge in [-0.2, -0.15) is 5.26 Å². The second-order valence-electron chi connectivity index (χ2n) is 17.3. The summed E-state index contributed by atoms with van der Waals surface area (Å²) in [4.78, 5) is 4.24. The molecule has 0 radical (unpaired) electrons. The Morgan fingerprint density at radius 2 is 1.09 bits per heavy atom. The molecule has 0 aliphatic carbocycles. The van der Waals surface area contributed by atoms with Crippen LogP contribution in [0.25, 0.3) is 82.1 Å². The molecule has 57 heavy (non-hydrogen) atoms. The second kappa shape index (κ2) is 13.1. The topological polar surface area (TPSA) is 38.0 Å². The molecule has 0 saturated heterocycles. The summed E-state index contributed by atoms with van der Waals surface area (Å²) in [5, 5.41) is 14.5. The second-order valence-corrected chi connectivity index (χ2v) is 17.3. The minimum absolute atomic E-state index is 0.0113. The van der Waals surface area contributed by atoms with E-state index in [1.54, 1.807) is 0 Å². The Kier molecular flexibility index (Phi) is 8.24. The van der Waals surface area contributed by atoms with Gasteiger partial charge in [0.05, 0.1) is 46.0 Å². The molecule has 2 heterocycles. The molecule has 0 aliphatic heterocycles. The maximum absolute atomic E-state index is 9.69. The van der Waals surface area contributed by atoms with Crippen molar-refractivity contribution in [3.8, 4) is 39.7 Å². The fourth-order valence-corrected chi connectivity index (χ4v) is 8.64. The predicted molar refractivity (Wildman–Crippen MR) is 239 cm³/mol. The standard InChI is InChI=1S/C53H44N4/c1-33-28-34(32-54)20-24-38(33)35-21-25-49(56-45-17-11-9-14-39(45)41-30-36(52(2,3)4)22-26-47(41)56)43(29-35)51-44(55-8)16-13-19-50(51)57-46-18-12-10-15-40(46)42-31-37(53(5,6)7)23-27-48(42)57/h9-31H,1-7H3. The number of nitrogens with zero attached hydrogens (tertiary/aromatic N) is 4. The van der Waals surface area contributed by atoms with E-state index in [0.717, 1.165) is 61.3 Å². The van der Waals surface area contributed by atoms with Crippen LogP contribution in [0.1, 0.15) is 63.8 Å². The van der Waals surface area contributed by atoms with E-state index in [-0.39, 0.29) is 10.8 Å². The molecule has 0 unspecified atom stereocenters. The van der Waals surface area contributed by atoms with Gasteiger partial charge in [0.25, 0.3) is 0 Å². The van der Waals surface area contributed by atoms with Crippen molar-refractivity contribution in [1.82, 2.24) is 9.13 Å². The van der Waals surface area contributed by atoms with E-state index in [1.165, 1.54) is 32.7 Å². The van der Waals surface area contributed by atoms with Gasteiger partial charge >= 0.3 is 0 Å². The molecule has 2 aromatic heterocycles. The van der Waals surface area contributed by atoms with E-state index in [0.29, 0.717) is 11.3 Å². The van der Waals surface area contributed by atoms with Crippen LogP contribution >= 0.6 is 0 Å². The highest BCUT2D eigenvalue weighted by Crippen LogP contribution is 2.46. The highest BCUT2D eigenvalue weighted by molar-refractivity contribution is 6.12. The van der Waals surface area contributed by atoms with Gasteiger partial charge in [-0.05, 0) is 118 Å². The van der Waals surface area contributed by atoms with Crippen molar-refractivity contribution >= 4 is 49.3 Å². The highest BCUT2D eigenvalue weighted by atomic mass is 15.0. The first kappa shape index (κ1) is 35.8. The smallest absolute Gasteiger partial charge is 0.197 e. The van der Waals surface area contributed by atoms with E-state index in [9.17, 15) is 5.26 Å². The Hall–Kier alpha value is -6.88. The summed E-state index contributed by atoms with van der Waals surface area (Å²) >= 11 is 0. The summed E-state index contributed by atoms with van der Waals surface area (Å²) in [6.45, 7) is 24.3. The molecule has 4 nitrogen and oxygen atoms in total. The van der Waals surface area contributed by atoms with Gasteiger partial charge in [-0.1, -0.05) is 114 Å². The summed E-state index contributed by atoms with van der Waals surface area (Å²) in [6.07, 6.45) is 0. The molecule has 0 spiro atoms. The van der Waals surface area contributed by atoms with E-state index < -0.39 is 0 Å². The van der Waals surface area contributed by atoms with Crippen molar-refractivity contribution in [2.75, 3.05) is 0 Å². The Balaban J connectivity index is 1.42. The van der Waals surface area contributed by atoms with Gasteiger partial charge in [-0.3, -0.25) is 0 Å². The van der Waals surface area contributed by atoms with Crippen LogP contribution in [0, 0.1) is 24.8 Å². The third kappa shape index (κ3) is 5.80. The number of para-hydroxylation sites is 2. The zero-order valence-electron chi connectivity index (χ0n) is 33.6. The minimum atomic E-state index is -0.0125. The van der Waals surface area contributed by atoms with Gasteiger partial charge in [0.15, 0.2) is 5.69 Å². The third-order valence-corrected chi connectivity index (χ3v) is 11.6. The molecule has 0 N–H and O–H groups in total. The number of aryl methyl sites for hydroxylation is 1. The normalized spacial score (nSPS) is 12.1. The Morgan fingerprint density at radius 3 is 1.63 bits per heavy atom. The van der Waals surface area contributed by atoms with Crippen LogP contribution in [-0.4, -0.2) is 9.13 Å². The first-order valence-electron chi connectivity index (χ1n) is 19.6. The van der Waals surface area contributed by atoms with Crippen molar-refractivity contribution in [2.45, 2.75) is 59.3 Å². The van der Waals surface area contributed by atoms with Crippen LogP contribution in [0.4, 0.5) is 5.69 Å². The first-order valence-corrected chi connectivity index (χ1v) is 19.6. The monoisotopic (exact) mass is 736 g/mol. The third-order valence-electron chi connectivity index (χ3n) is 11.6. The molecule has 0 amide bonds. The summed E-state index contributed by atoms with van der Waals surface area (Å²) < 4.78 is 4.74. The SMILES string of the molecule is [C-]#[N+]c1cccc(-n2c3ccccc3c3cc(C(C)(C)C)ccc32)c1-c1cc(-c2ccc(C#N)cc2C)ccc1-n1c2ccccc2c2cc(C(C)(C)C)ccc21. The van der Waals surface area contributed by atoms with Crippen LogP contribution in [0.3, 0.4) is 0 Å². The minimum Gasteiger partial charge on any atom is -0.310 e. The molecule has 0 atom stereocenters. The Morgan fingerprint density at radius 1 is 0.526 bits per heavy atom. The molecule has 9 rings (SSSR count). The van der Waals surface area contributed by atoms with Crippen LogP contribution in [0.2, 0.25) is 0 Å². The van der Waals surface area contributed by atoms with Crippen molar-refractivity contribution in [3.63, 3.8) is 0 Å². The van der Waals surface area contributed by atoms with Crippen molar-refractivity contribution in [2.24, 2.45) is 0 Å². The largest absolute Gasteiger partial charge is 0.310 e.